The minimum atomic E-state index is -0.266. The molecule has 2 aromatic rings. The lowest BCUT2D eigenvalue weighted by Gasteiger charge is -2.35. The highest BCUT2D eigenvalue weighted by Gasteiger charge is 2.23. The molecule has 0 unspecified atom stereocenters. The summed E-state index contributed by atoms with van der Waals surface area (Å²) >= 11 is 0. The number of nitrogens with two attached hydrogens (primary N) is 1. The second kappa shape index (κ2) is 11.0. The van der Waals surface area contributed by atoms with Crippen LogP contribution in [0.4, 0.5) is 10.6 Å². The Labute approximate surface area is 188 Å². The van der Waals surface area contributed by atoms with Crippen LogP contribution in [0, 0.1) is 11.3 Å². The fraction of sp³-hybridized carbons (Fsp3) is 0.455. The van der Waals surface area contributed by atoms with Crippen LogP contribution >= 0.6 is 0 Å². The van der Waals surface area contributed by atoms with E-state index in [0.717, 1.165) is 18.1 Å². The van der Waals surface area contributed by atoms with Crippen molar-refractivity contribution in [3.63, 3.8) is 0 Å². The number of aliphatic imine (C=N–C) groups is 1. The Hall–Kier alpha value is -3.74. The van der Waals surface area contributed by atoms with E-state index in [9.17, 15) is 10.1 Å². The first-order valence-corrected chi connectivity index (χ1v) is 10.8. The highest BCUT2D eigenvalue weighted by Crippen LogP contribution is 2.21. The summed E-state index contributed by atoms with van der Waals surface area (Å²) in [5, 5.41) is 17.5. The topological polar surface area (TPSA) is 125 Å². The van der Waals surface area contributed by atoms with Gasteiger partial charge in [-0.25, -0.2) is 9.48 Å². The van der Waals surface area contributed by atoms with E-state index in [1.807, 2.05) is 30.3 Å². The molecule has 0 radical (unpaired) electrons. The van der Waals surface area contributed by atoms with Gasteiger partial charge in [-0.05, 0) is 31.9 Å². The number of nitrogen functional groups attached to an aromatic ring is 1. The highest BCUT2D eigenvalue weighted by atomic mass is 16.6. The van der Waals surface area contributed by atoms with Crippen LogP contribution in [0.3, 0.4) is 0 Å². The average molecular weight is 439 g/mol. The predicted molar refractivity (Wildman–Crippen MR) is 123 cm³/mol. The number of nitriles is 1. The van der Waals surface area contributed by atoms with Crippen LogP contribution in [0.25, 0.3) is 5.69 Å². The minimum Gasteiger partial charge on any atom is -0.450 e. The number of aromatic nitrogens is 2. The number of rotatable bonds is 6. The summed E-state index contributed by atoms with van der Waals surface area (Å²) in [6.45, 7) is 5.44. The molecule has 0 saturated carbocycles. The van der Waals surface area contributed by atoms with Gasteiger partial charge in [-0.1, -0.05) is 18.2 Å². The van der Waals surface area contributed by atoms with Crippen molar-refractivity contribution in [3.8, 4) is 11.8 Å². The van der Waals surface area contributed by atoms with E-state index in [1.165, 1.54) is 0 Å². The van der Waals surface area contributed by atoms with Crippen LogP contribution in [0.1, 0.15) is 24.6 Å². The lowest BCUT2D eigenvalue weighted by atomic mass is 10.1. The molecule has 0 bridgehead atoms. The van der Waals surface area contributed by atoms with Crippen LogP contribution in [0.2, 0.25) is 0 Å². The van der Waals surface area contributed by atoms with E-state index >= 15 is 0 Å². The molecule has 10 nitrogen and oxygen atoms in total. The third-order valence-corrected chi connectivity index (χ3v) is 5.30. The fourth-order valence-electron chi connectivity index (χ4n) is 3.65. The third-order valence-electron chi connectivity index (χ3n) is 5.30. The van der Waals surface area contributed by atoms with Crippen molar-refractivity contribution in [1.82, 2.24) is 24.9 Å². The standard InChI is InChI=1S/C22H30N8O2/c1-3-32-22(31)29-14-12-28(13-15-29)21(25-2)26-11-7-10-19-18(16-23)20(24)30(27-19)17-8-5-4-6-9-17/h4-6,8-9H,3,7,10-15,24H2,1-2H3,(H,25,26). The smallest absolute Gasteiger partial charge is 0.409 e. The van der Waals surface area contributed by atoms with Crippen molar-refractivity contribution in [1.29, 1.82) is 5.26 Å². The van der Waals surface area contributed by atoms with Gasteiger partial charge < -0.3 is 25.6 Å². The van der Waals surface area contributed by atoms with Gasteiger partial charge >= 0.3 is 6.09 Å². The van der Waals surface area contributed by atoms with E-state index in [2.05, 4.69) is 26.4 Å². The number of carbonyl (C=O) groups is 1. The van der Waals surface area contributed by atoms with E-state index in [0.29, 0.717) is 62.8 Å². The van der Waals surface area contributed by atoms with Gasteiger partial charge in [0.25, 0.3) is 0 Å². The Morgan fingerprint density at radius 3 is 2.56 bits per heavy atom. The molecular formula is C22H30N8O2. The number of amides is 1. The maximum atomic E-state index is 11.9. The Morgan fingerprint density at radius 1 is 1.25 bits per heavy atom. The van der Waals surface area contributed by atoms with Gasteiger partial charge in [0.2, 0.25) is 0 Å². The molecule has 1 aliphatic rings. The summed E-state index contributed by atoms with van der Waals surface area (Å²) in [6.07, 6.45) is 1.12. The zero-order valence-corrected chi connectivity index (χ0v) is 18.6. The first kappa shape index (κ1) is 22.9. The monoisotopic (exact) mass is 438 g/mol. The summed E-state index contributed by atoms with van der Waals surface area (Å²) in [7, 11) is 1.75. The van der Waals surface area contributed by atoms with E-state index in [1.54, 1.807) is 23.6 Å². The summed E-state index contributed by atoms with van der Waals surface area (Å²) in [4.78, 5) is 20.1. The first-order chi connectivity index (χ1) is 15.6. The van der Waals surface area contributed by atoms with E-state index in [-0.39, 0.29) is 6.09 Å². The Bertz CT molecular complexity index is 972. The molecule has 3 rings (SSSR count). The lowest BCUT2D eigenvalue weighted by molar-refractivity contribution is 0.0914. The molecule has 1 amide bonds. The number of hydrogen-bond acceptors (Lipinski definition) is 6. The number of para-hydroxylation sites is 1. The molecule has 10 heteroatoms. The summed E-state index contributed by atoms with van der Waals surface area (Å²) < 4.78 is 6.68. The molecule has 2 heterocycles. The maximum Gasteiger partial charge on any atom is 0.409 e. The molecule has 3 N–H and O–H groups in total. The third kappa shape index (κ3) is 5.29. The molecular weight excluding hydrogens is 408 g/mol. The summed E-state index contributed by atoms with van der Waals surface area (Å²) in [6, 6.07) is 11.7. The minimum absolute atomic E-state index is 0.266. The molecule has 32 heavy (non-hydrogen) atoms. The lowest BCUT2D eigenvalue weighted by Crippen LogP contribution is -2.54. The molecule has 1 fully saturated rings. The van der Waals surface area contributed by atoms with Crippen molar-refractivity contribution in [3.05, 3.63) is 41.6 Å². The predicted octanol–water partition coefficient (Wildman–Crippen LogP) is 1.61. The quantitative estimate of drug-likeness (QED) is 0.399. The van der Waals surface area contributed by atoms with E-state index in [4.69, 9.17) is 10.5 Å². The number of ether oxygens (including phenoxy) is 1. The molecule has 0 spiro atoms. The van der Waals surface area contributed by atoms with Crippen LogP contribution in [-0.4, -0.2) is 78.0 Å². The Balaban J connectivity index is 1.52. The van der Waals surface area contributed by atoms with Crippen LogP contribution in [0.5, 0.6) is 0 Å². The summed E-state index contributed by atoms with van der Waals surface area (Å²) in [5.74, 6) is 1.15. The largest absolute Gasteiger partial charge is 0.450 e. The van der Waals surface area contributed by atoms with Gasteiger partial charge in [0.05, 0.1) is 18.0 Å². The molecule has 1 aromatic carbocycles. The van der Waals surface area contributed by atoms with Crippen molar-refractivity contribution >= 4 is 17.9 Å². The molecule has 1 saturated heterocycles. The number of nitrogens with one attached hydrogen (secondary N) is 1. The van der Waals surface area contributed by atoms with Crippen molar-refractivity contribution in [2.45, 2.75) is 19.8 Å². The normalized spacial score (nSPS) is 14.2. The Morgan fingerprint density at radius 2 is 1.94 bits per heavy atom. The van der Waals surface area contributed by atoms with Crippen molar-refractivity contribution in [2.24, 2.45) is 4.99 Å². The van der Waals surface area contributed by atoms with Gasteiger partial charge in [-0.2, -0.15) is 10.4 Å². The average Bonchev–Trinajstić information content (AvgIpc) is 3.15. The maximum absolute atomic E-state index is 11.9. The fourth-order valence-corrected chi connectivity index (χ4v) is 3.65. The molecule has 170 valence electrons. The number of anilines is 1. The van der Waals surface area contributed by atoms with Gasteiger partial charge in [0.1, 0.15) is 17.5 Å². The highest BCUT2D eigenvalue weighted by molar-refractivity contribution is 5.80. The van der Waals surface area contributed by atoms with Crippen molar-refractivity contribution < 1.29 is 9.53 Å². The van der Waals surface area contributed by atoms with Crippen LogP contribution in [0.15, 0.2) is 35.3 Å². The van der Waals surface area contributed by atoms with Crippen LogP contribution in [-0.2, 0) is 11.2 Å². The summed E-state index contributed by atoms with van der Waals surface area (Å²) in [5.41, 5.74) is 8.11. The molecule has 1 aliphatic heterocycles. The zero-order valence-electron chi connectivity index (χ0n) is 18.6. The van der Waals surface area contributed by atoms with Crippen molar-refractivity contribution in [2.75, 3.05) is 52.1 Å². The number of aryl methyl sites for hydroxylation is 1. The number of hydrogen-bond donors (Lipinski definition) is 2. The molecule has 1 aromatic heterocycles. The van der Waals surface area contributed by atoms with Crippen LogP contribution < -0.4 is 11.1 Å². The Kier molecular flexibility index (Phi) is 7.91. The second-order valence-electron chi connectivity index (χ2n) is 7.32. The molecule has 0 atom stereocenters. The number of nitrogens with zero attached hydrogens (tertiary/aromatic N) is 6. The first-order valence-electron chi connectivity index (χ1n) is 10.8. The second-order valence-corrected chi connectivity index (χ2v) is 7.32. The molecule has 0 aliphatic carbocycles. The number of benzene rings is 1. The number of carbonyl (C=O) groups excluding carboxylic acids is 1. The zero-order chi connectivity index (χ0) is 22.9. The van der Waals surface area contributed by atoms with Gasteiger partial charge in [0.15, 0.2) is 5.96 Å². The number of guanidine groups is 1. The van der Waals surface area contributed by atoms with Gasteiger partial charge in [0, 0.05) is 39.8 Å². The van der Waals surface area contributed by atoms with Gasteiger partial charge in [-0.15, -0.1) is 0 Å². The van der Waals surface area contributed by atoms with Gasteiger partial charge in [-0.3, -0.25) is 4.99 Å². The SMILES string of the molecule is CCOC(=O)N1CCN(C(=NC)NCCCc2nn(-c3ccccc3)c(N)c2C#N)CC1. The number of piperazine rings is 1. The van der Waals surface area contributed by atoms with E-state index < -0.39 is 0 Å².